The van der Waals surface area contributed by atoms with Crippen molar-refractivity contribution in [3.63, 3.8) is 0 Å². The van der Waals surface area contributed by atoms with E-state index in [2.05, 4.69) is 21.7 Å². The Balaban J connectivity index is 1.46. The van der Waals surface area contributed by atoms with E-state index >= 15 is 0 Å². The van der Waals surface area contributed by atoms with Crippen LogP contribution in [0.15, 0.2) is 42.6 Å². The largest absolute Gasteiger partial charge is 0.419 e. The molecule has 2 unspecified atom stereocenters. The lowest BCUT2D eigenvalue weighted by molar-refractivity contribution is -0.137. The molecule has 3 aromatic rings. The lowest BCUT2D eigenvalue weighted by atomic mass is 10.1. The topological polar surface area (TPSA) is 48.4 Å². The Kier molecular flexibility index (Phi) is 6.40. The first-order valence-corrected chi connectivity index (χ1v) is 12.1. The molecule has 2 fully saturated rings. The van der Waals surface area contributed by atoms with E-state index in [1.54, 1.807) is 11.0 Å². The van der Waals surface area contributed by atoms with Crippen LogP contribution in [0.5, 0.6) is 0 Å². The van der Waals surface area contributed by atoms with Crippen LogP contribution in [0.3, 0.4) is 0 Å². The average Bonchev–Trinajstić information content (AvgIpc) is 2.84. The fourth-order valence-corrected chi connectivity index (χ4v) is 4.86. The summed E-state index contributed by atoms with van der Waals surface area (Å²) < 4.78 is 54.5. The van der Waals surface area contributed by atoms with Crippen LogP contribution in [0.25, 0.3) is 11.3 Å². The summed E-state index contributed by atoms with van der Waals surface area (Å²) in [5, 5.41) is 0.00402. The molecule has 2 aliphatic rings. The number of benzene rings is 1. The highest BCUT2D eigenvalue weighted by atomic mass is 35.5. The van der Waals surface area contributed by atoms with Crippen molar-refractivity contribution >= 4 is 29.2 Å². The molecule has 0 saturated carbocycles. The van der Waals surface area contributed by atoms with E-state index in [0.717, 1.165) is 19.0 Å². The summed E-state index contributed by atoms with van der Waals surface area (Å²) in [6.45, 7) is 6.02. The number of hydrogen-bond acceptors (Lipinski definition) is 6. The fraction of sp³-hybridized carbons (Fsp3) is 0.400. The number of alkyl halides is 3. The third kappa shape index (κ3) is 4.66. The number of nitrogens with zero attached hydrogens (tertiary/aromatic N) is 6. The predicted molar refractivity (Wildman–Crippen MR) is 132 cm³/mol. The molecule has 0 radical (unpaired) electrons. The van der Waals surface area contributed by atoms with Gasteiger partial charge >= 0.3 is 6.18 Å². The lowest BCUT2D eigenvalue weighted by Crippen LogP contribution is -2.53. The number of pyridine rings is 1. The van der Waals surface area contributed by atoms with Crippen molar-refractivity contribution in [2.45, 2.75) is 38.5 Å². The van der Waals surface area contributed by atoms with Gasteiger partial charge in [-0.3, -0.25) is 0 Å². The highest BCUT2D eigenvalue weighted by Crippen LogP contribution is 2.37. The quantitative estimate of drug-likeness (QED) is 0.414. The third-order valence-corrected chi connectivity index (χ3v) is 7.10. The molecular weight excluding hydrogens is 496 g/mol. The zero-order chi connectivity index (χ0) is 25.6. The van der Waals surface area contributed by atoms with Crippen LogP contribution in [-0.2, 0) is 6.18 Å². The normalized spacial score (nSPS) is 20.5. The van der Waals surface area contributed by atoms with Crippen molar-refractivity contribution in [1.82, 2.24) is 15.0 Å². The first-order chi connectivity index (χ1) is 17.1. The molecular formula is C25H25ClF4N6. The van der Waals surface area contributed by atoms with Gasteiger partial charge in [-0.2, -0.15) is 18.2 Å². The number of hydrogen-bond donors (Lipinski definition) is 0. The summed E-state index contributed by atoms with van der Waals surface area (Å²) in [7, 11) is 0. The number of halogens is 5. The second-order valence-corrected chi connectivity index (χ2v) is 9.64. The summed E-state index contributed by atoms with van der Waals surface area (Å²) in [5.74, 6) is 0.666. The van der Waals surface area contributed by atoms with Crippen molar-refractivity contribution in [2.24, 2.45) is 0 Å². The molecule has 0 bridgehead atoms. The molecule has 0 spiro atoms. The van der Waals surface area contributed by atoms with Crippen molar-refractivity contribution in [2.75, 3.05) is 40.9 Å². The summed E-state index contributed by atoms with van der Waals surface area (Å²) in [5.41, 5.74) is 0.529. The van der Waals surface area contributed by atoms with Crippen LogP contribution < -0.4 is 14.7 Å². The minimum absolute atomic E-state index is 0.00402. The van der Waals surface area contributed by atoms with Crippen LogP contribution in [-0.4, -0.2) is 53.2 Å². The van der Waals surface area contributed by atoms with E-state index in [0.29, 0.717) is 48.7 Å². The Morgan fingerprint density at radius 1 is 0.972 bits per heavy atom. The maximum absolute atomic E-state index is 13.8. The number of anilines is 3. The van der Waals surface area contributed by atoms with Gasteiger partial charge in [0, 0.05) is 56.1 Å². The second kappa shape index (κ2) is 9.38. The minimum Gasteiger partial charge on any atom is -0.352 e. The van der Waals surface area contributed by atoms with Gasteiger partial charge in [-0.1, -0.05) is 11.6 Å². The lowest BCUT2D eigenvalue weighted by Gasteiger charge is -2.43. The second-order valence-electron chi connectivity index (χ2n) is 9.23. The Morgan fingerprint density at radius 3 is 2.42 bits per heavy atom. The van der Waals surface area contributed by atoms with Gasteiger partial charge in [0.25, 0.3) is 0 Å². The number of piperazine rings is 1. The molecule has 1 aromatic carbocycles. The van der Waals surface area contributed by atoms with Gasteiger partial charge in [0.05, 0.1) is 16.3 Å². The summed E-state index contributed by atoms with van der Waals surface area (Å²) >= 11 is 6.03. The fourth-order valence-electron chi connectivity index (χ4n) is 4.68. The van der Waals surface area contributed by atoms with Crippen LogP contribution in [0.2, 0.25) is 5.02 Å². The van der Waals surface area contributed by atoms with E-state index in [1.165, 1.54) is 24.4 Å². The number of aromatic nitrogens is 3. The molecule has 2 saturated heterocycles. The monoisotopic (exact) mass is 520 g/mol. The summed E-state index contributed by atoms with van der Waals surface area (Å²) in [4.78, 5) is 19.4. The van der Waals surface area contributed by atoms with Crippen molar-refractivity contribution < 1.29 is 17.6 Å². The molecule has 36 heavy (non-hydrogen) atoms. The Bertz CT molecular complexity index is 1270. The molecule has 5 rings (SSSR count). The molecule has 2 atom stereocenters. The summed E-state index contributed by atoms with van der Waals surface area (Å²) in [6.07, 6.45) is -2.07. The van der Waals surface area contributed by atoms with E-state index in [4.69, 9.17) is 21.6 Å². The van der Waals surface area contributed by atoms with Crippen LogP contribution in [0.4, 0.5) is 35.1 Å². The van der Waals surface area contributed by atoms with Gasteiger partial charge in [0.15, 0.2) is 0 Å². The van der Waals surface area contributed by atoms with Gasteiger partial charge in [-0.05, 0) is 50.6 Å². The van der Waals surface area contributed by atoms with Crippen LogP contribution >= 0.6 is 11.6 Å². The number of rotatable bonds is 4. The first kappa shape index (κ1) is 24.5. The van der Waals surface area contributed by atoms with Gasteiger partial charge in [0.1, 0.15) is 17.5 Å². The molecule has 0 N–H and O–H groups in total. The van der Waals surface area contributed by atoms with Crippen LogP contribution in [0.1, 0.15) is 25.8 Å². The van der Waals surface area contributed by atoms with Gasteiger partial charge in [-0.25, -0.2) is 14.4 Å². The van der Waals surface area contributed by atoms with E-state index < -0.39 is 17.6 Å². The Morgan fingerprint density at radius 2 is 1.78 bits per heavy atom. The van der Waals surface area contributed by atoms with Gasteiger partial charge in [-0.15, -0.1) is 0 Å². The highest BCUT2D eigenvalue weighted by molar-refractivity contribution is 6.31. The molecule has 4 heterocycles. The van der Waals surface area contributed by atoms with Gasteiger partial charge in [0.2, 0.25) is 5.95 Å². The smallest absolute Gasteiger partial charge is 0.352 e. The Hall–Kier alpha value is -3.14. The minimum atomic E-state index is -4.48. The van der Waals surface area contributed by atoms with E-state index in [9.17, 15) is 17.6 Å². The molecule has 11 heteroatoms. The van der Waals surface area contributed by atoms with E-state index in [-0.39, 0.29) is 16.9 Å². The van der Waals surface area contributed by atoms with E-state index in [1.807, 2.05) is 13.0 Å². The Labute approximate surface area is 211 Å². The van der Waals surface area contributed by atoms with Crippen LogP contribution in [0, 0.1) is 5.82 Å². The molecule has 6 nitrogen and oxygen atoms in total. The molecule has 190 valence electrons. The standard InChI is InChI=1S/C25H25ClF4N6/c1-15-7-9-36(15)24-32-21(17-5-6-20(27)19(26)12-17)13-22(33-24)35-11-10-34(14-16(35)2)23-18(25(28,29)30)4-3-8-31-23/h3-6,8,12-13,15-16H,7,9-11,14H2,1-2H3. The SMILES string of the molecule is CC1CN(c2ncccc2C(F)(F)F)CCN1c1cc(-c2ccc(F)c(Cl)c2)nc(N2CCC2C)n1. The average molecular weight is 521 g/mol. The predicted octanol–water partition coefficient (Wildman–Crippen LogP) is 5.66. The summed E-state index contributed by atoms with van der Waals surface area (Å²) in [6, 6.07) is 8.79. The third-order valence-electron chi connectivity index (χ3n) is 6.81. The van der Waals surface area contributed by atoms with Gasteiger partial charge < -0.3 is 14.7 Å². The zero-order valence-electron chi connectivity index (χ0n) is 19.8. The molecule has 2 aromatic heterocycles. The highest BCUT2D eigenvalue weighted by Gasteiger charge is 2.37. The maximum Gasteiger partial charge on any atom is 0.419 e. The van der Waals surface area contributed by atoms with Crippen molar-refractivity contribution in [3.8, 4) is 11.3 Å². The van der Waals surface area contributed by atoms with Crippen molar-refractivity contribution in [1.29, 1.82) is 0 Å². The zero-order valence-corrected chi connectivity index (χ0v) is 20.6. The maximum atomic E-state index is 13.8. The first-order valence-electron chi connectivity index (χ1n) is 11.8. The van der Waals surface area contributed by atoms with Crippen molar-refractivity contribution in [3.05, 3.63) is 59.0 Å². The molecule has 0 aliphatic carbocycles. The molecule has 0 amide bonds. The molecule has 2 aliphatic heterocycles.